The van der Waals surface area contributed by atoms with Crippen LogP contribution in [0.15, 0.2) is 6.20 Å². The number of hydrogen-bond acceptors (Lipinski definition) is 4. The van der Waals surface area contributed by atoms with Crippen molar-refractivity contribution in [2.45, 2.75) is 45.8 Å². The molecule has 1 aliphatic rings. The standard InChI is InChI=1S/C17H33N5/c1-6-22-13-16(15(2)18-22)12-21-9-7-8-17(14-21)20(5)11-10-19(3)4/h13,17H,6-12,14H2,1-5H3/t17-/m1/s1. The zero-order valence-electron chi connectivity index (χ0n) is 15.0. The summed E-state index contributed by atoms with van der Waals surface area (Å²) in [6.45, 7) is 11.0. The predicted molar refractivity (Wildman–Crippen MR) is 92.1 cm³/mol. The van der Waals surface area contributed by atoms with Crippen LogP contribution in [-0.2, 0) is 13.1 Å². The van der Waals surface area contributed by atoms with Gasteiger partial charge in [-0.05, 0) is 54.4 Å². The molecule has 0 unspecified atom stereocenters. The largest absolute Gasteiger partial charge is 0.308 e. The first-order chi connectivity index (χ1) is 10.5. The molecule has 0 amide bonds. The molecule has 0 radical (unpaired) electrons. The second-order valence-corrected chi connectivity index (χ2v) is 6.91. The van der Waals surface area contributed by atoms with Gasteiger partial charge in [0.1, 0.15) is 0 Å². The summed E-state index contributed by atoms with van der Waals surface area (Å²) in [7, 11) is 6.57. The van der Waals surface area contributed by atoms with E-state index in [1.165, 1.54) is 37.2 Å². The molecule has 0 saturated carbocycles. The first-order valence-electron chi connectivity index (χ1n) is 8.59. The van der Waals surface area contributed by atoms with E-state index in [9.17, 15) is 0 Å². The zero-order chi connectivity index (χ0) is 16.1. The fraction of sp³-hybridized carbons (Fsp3) is 0.824. The van der Waals surface area contributed by atoms with Crippen molar-refractivity contribution >= 4 is 0 Å². The van der Waals surface area contributed by atoms with Crippen molar-refractivity contribution < 1.29 is 0 Å². The molecule has 1 aliphatic heterocycles. The second kappa shape index (κ2) is 8.09. The molecular formula is C17H33N5. The summed E-state index contributed by atoms with van der Waals surface area (Å²) in [5.74, 6) is 0. The smallest absolute Gasteiger partial charge is 0.0638 e. The highest BCUT2D eigenvalue weighted by molar-refractivity contribution is 5.15. The van der Waals surface area contributed by atoms with Crippen molar-refractivity contribution in [3.8, 4) is 0 Å². The molecule has 5 nitrogen and oxygen atoms in total. The number of rotatable bonds is 7. The molecule has 1 fully saturated rings. The SMILES string of the molecule is CCn1cc(CN2CCC[C@@H](N(C)CCN(C)C)C2)c(C)n1. The van der Waals surface area contributed by atoms with Gasteiger partial charge in [-0.15, -0.1) is 0 Å². The van der Waals surface area contributed by atoms with Gasteiger partial charge in [0, 0.05) is 50.5 Å². The van der Waals surface area contributed by atoms with Crippen molar-refractivity contribution in [3.63, 3.8) is 0 Å². The van der Waals surface area contributed by atoms with E-state index in [4.69, 9.17) is 0 Å². The molecule has 0 aromatic carbocycles. The molecule has 0 N–H and O–H groups in total. The lowest BCUT2D eigenvalue weighted by Crippen LogP contribution is -2.47. The summed E-state index contributed by atoms with van der Waals surface area (Å²) in [6.07, 6.45) is 4.85. The van der Waals surface area contributed by atoms with Crippen molar-refractivity contribution in [1.29, 1.82) is 0 Å². The average molecular weight is 307 g/mol. The number of aryl methyl sites for hydroxylation is 2. The third-order valence-corrected chi connectivity index (χ3v) is 4.77. The number of likely N-dealkylation sites (N-methyl/N-ethyl adjacent to an activating group) is 2. The topological polar surface area (TPSA) is 27.5 Å². The van der Waals surface area contributed by atoms with Crippen LogP contribution in [0.3, 0.4) is 0 Å². The summed E-state index contributed by atoms with van der Waals surface area (Å²) in [4.78, 5) is 7.40. The molecule has 22 heavy (non-hydrogen) atoms. The average Bonchev–Trinajstić information content (AvgIpc) is 2.85. The lowest BCUT2D eigenvalue weighted by molar-refractivity contribution is 0.106. The van der Waals surface area contributed by atoms with Gasteiger partial charge in [-0.2, -0.15) is 5.10 Å². The molecule has 2 rings (SSSR count). The van der Waals surface area contributed by atoms with Gasteiger partial charge in [-0.1, -0.05) is 0 Å². The Labute approximate surface area is 135 Å². The summed E-state index contributed by atoms with van der Waals surface area (Å²) < 4.78 is 2.05. The minimum absolute atomic E-state index is 0.690. The van der Waals surface area contributed by atoms with Crippen LogP contribution in [0, 0.1) is 6.92 Å². The predicted octanol–water partition coefficient (Wildman–Crippen LogP) is 1.67. The van der Waals surface area contributed by atoms with Crippen LogP contribution < -0.4 is 0 Å². The first-order valence-corrected chi connectivity index (χ1v) is 8.59. The van der Waals surface area contributed by atoms with Crippen LogP contribution in [0.4, 0.5) is 0 Å². The van der Waals surface area contributed by atoms with Crippen LogP contribution in [-0.4, -0.2) is 77.8 Å². The summed E-state index contributed by atoms with van der Waals surface area (Å²) >= 11 is 0. The first kappa shape index (κ1) is 17.4. The normalized spacial score (nSPS) is 20.2. The number of likely N-dealkylation sites (tertiary alicyclic amines) is 1. The van der Waals surface area contributed by atoms with Gasteiger partial charge >= 0.3 is 0 Å². The van der Waals surface area contributed by atoms with E-state index in [-0.39, 0.29) is 0 Å². The molecule has 1 aromatic rings. The molecule has 1 saturated heterocycles. The van der Waals surface area contributed by atoms with E-state index >= 15 is 0 Å². The van der Waals surface area contributed by atoms with Gasteiger partial charge in [0.2, 0.25) is 0 Å². The molecule has 1 atom stereocenters. The lowest BCUT2D eigenvalue weighted by atomic mass is 10.0. The number of hydrogen-bond donors (Lipinski definition) is 0. The van der Waals surface area contributed by atoms with Crippen molar-refractivity contribution in [2.75, 3.05) is 47.3 Å². The minimum Gasteiger partial charge on any atom is -0.308 e. The van der Waals surface area contributed by atoms with E-state index in [1.54, 1.807) is 0 Å². The maximum atomic E-state index is 4.57. The van der Waals surface area contributed by atoms with Crippen molar-refractivity contribution in [1.82, 2.24) is 24.5 Å². The van der Waals surface area contributed by atoms with Gasteiger partial charge in [0.05, 0.1) is 5.69 Å². The Morgan fingerprint density at radius 2 is 2.05 bits per heavy atom. The Kier molecular flexibility index (Phi) is 6.41. The maximum Gasteiger partial charge on any atom is 0.0638 e. The molecule has 2 heterocycles. The van der Waals surface area contributed by atoms with Gasteiger partial charge in [0.25, 0.3) is 0 Å². The Morgan fingerprint density at radius 3 is 2.68 bits per heavy atom. The third-order valence-electron chi connectivity index (χ3n) is 4.77. The molecule has 0 aliphatic carbocycles. The highest BCUT2D eigenvalue weighted by atomic mass is 15.3. The monoisotopic (exact) mass is 307 g/mol. The van der Waals surface area contributed by atoms with E-state index in [2.05, 4.69) is 65.7 Å². The van der Waals surface area contributed by atoms with Crippen LogP contribution >= 0.6 is 0 Å². The number of piperidine rings is 1. The van der Waals surface area contributed by atoms with E-state index in [1.807, 2.05) is 0 Å². The highest BCUT2D eigenvalue weighted by Gasteiger charge is 2.23. The number of nitrogens with zero attached hydrogens (tertiary/aromatic N) is 5. The molecule has 0 spiro atoms. The maximum absolute atomic E-state index is 4.57. The van der Waals surface area contributed by atoms with Crippen molar-refractivity contribution in [3.05, 3.63) is 17.5 Å². The second-order valence-electron chi connectivity index (χ2n) is 6.91. The Bertz CT molecular complexity index is 454. The third kappa shape index (κ3) is 4.80. The fourth-order valence-corrected chi connectivity index (χ4v) is 3.19. The quantitative estimate of drug-likeness (QED) is 0.766. The van der Waals surface area contributed by atoms with Gasteiger partial charge < -0.3 is 9.80 Å². The van der Waals surface area contributed by atoms with Crippen LogP contribution in [0.2, 0.25) is 0 Å². The highest BCUT2D eigenvalue weighted by Crippen LogP contribution is 2.18. The summed E-state index contributed by atoms with van der Waals surface area (Å²) in [5.41, 5.74) is 2.57. The van der Waals surface area contributed by atoms with E-state index in [0.29, 0.717) is 6.04 Å². The lowest BCUT2D eigenvalue weighted by Gasteiger charge is -2.38. The Balaban J connectivity index is 1.88. The van der Waals surface area contributed by atoms with Gasteiger partial charge in [0.15, 0.2) is 0 Å². The number of aromatic nitrogens is 2. The Hall–Kier alpha value is -0.910. The molecule has 1 aromatic heterocycles. The molecule has 0 bridgehead atoms. The summed E-state index contributed by atoms with van der Waals surface area (Å²) in [5, 5.41) is 4.57. The van der Waals surface area contributed by atoms with E-state index < -0.39 is 0 Å². The van der Waals surface area contributed by atoms with Gasteiger partial charge in [-0.25, -0.2) is 0 Å². The minimum atomic E-state index is 0.690. The van der Waals surface area contributed by atoms with E-state index in [0.717, 1.165) is 26.2 Å². The van der Waals surface area contributed by atoms with Gasteiger partial charge in [-0.3, -0.25) is 9.58 Å². The zero-order valence-corrected chi connectivity index (χ0v) is 15.0. The molecule has 5 heteroatoms. The van der Waals surface area contributed by atoms with Crippen LogP contribution in [0.5, 0.6) is 0 Å². The fourth-order valence-electron chi connectivity index (χ4n) is 3.19. The van der Waals surface area contributed by atoms with Crippen LogP contribution in [0.1, 0.15) is 31.0 Å². The van der Waals surface area contributed by atoms with Crippen molar-refractivity contribution in [2.24, 2.45) is 0 Å². The summed E-state index contributed by atoms with van der Waals surface area (Å²) in [6, 6.07) is 0.690. The molecule has 126 valence electrons. The molecular weight excluding hydrogens is 274 g/mol. The Morgan fingerprint density at radius 1 is 1.27 bits per heavy atom. The van der Waals surface area contributed by atoms with Crippen LogP contribution in [0.25, 0.3) is 0 Å².